The first-order chi connectivity index (χ1) is 10.8. The van der Waals surface area contributed by atoms with Crippen molar-refractivity contribution in [1.82, 2.24) is 0 Å². The number of fused-ring (bicyclic) bond motifs is 3. The van der Waals surface area contributed by atoms with Crippen LogP contribution < -0.4 is 0 Å². The Morgan fingerprint density at radius 2 is 1.83 bits per heavy atom. The van der Waals surface area contributed by atoms with Gasteiger partial charge in [0.25, 0.3) is 0 Å². The van der Waals surface area contributed by atoms with Gasteiger partial charge in [0.1, 0.15) is 0 Å². The molecule has 6 atom stereocenters. The molecular weight excluding hydrogens is 284 g/mol. The molecule has 0 spiro atoms. The fourth-order valence-corrected chi connectivity index (χ4v) is 6.97. The monoisotopic (exact) mass is 320 g/mol. The summed E-state index contributed by atoms with van der Waals surface area (Å²) in [6.45, 7) is 9.57. The zero-order chi connectivity index (χ0) is 16.9. The largest absolute Gasteiger partial charge is 0.469 e. The minimum atomic E-state index is -0.252. The molecule has 0 N–H and O–H groups in total. The van der Waals surface area contributed by atoms with Crippen LogP contribution in [0.2, 0.25) is 0 Å². The third-order valence-corrected chi connectivity index (χ3v) is 8.54. The van der Waals surface area contributed by atoms with Crippen LogP contribution in [0, 0.1) is 34.0 Å². The summed E-state index contributed by atoms with van der Waals surface area (Å²) in [5, 5.41) is 0. The van der Waals surface area contributed by atoms with Gasteiger partial charge in [0.05, 0.1) is 12.5 Å². The number of carbonyl (C=O) groups excluding carboxylic acids is 1. The SMILES string of the molecule is CC[C@@]1(C)CC[C@H]2[C@H](CC[C@@H]3[C@]2(C)CCC[C@@]3(C)C(=O)OC)C1. The Balaban J connectivity index is 1.88. The molecule has 0 radical (unpaired) electrons. The second-order valence-electron chi connectivity index (χ2n) is 9.67. The van der Waals surface area contributed by atoms with Gasteiger partial charge in [0.2, 0.25) is 0 Å². The minimum absolute atomic E-state index is 0.0427. The van der Waals surface area contributed by atoms with Crippen molar-refractivity contribution in [1.29, 1.82) is 0 Å². The number of ether oxygens (including phenoxy) is 1. The second-order valence-corrected chi connectivity index (χ2v) is 9.67. The lowest BCUT2D eigenvalue weighted by Gasteiger charge is -2.61. The van der Waals surface area contributed by atoms with E-state index in [0.29, 0.717) is 16.7 Å². The maximum Gasteiger partial charge on any atom is 0.311 e. The number of carbonyl (C=O) groups is 1. The highest BCUT2D eigenvalue weighted by molar-refractivity contribution is 5.77. The highest BCUT2D eigenvalue weighted by Gasteiger charge is 2.60. The Hall–Kier alpha value is -0.530. The van der Waals surface area contributed by atoms with Crippen LogP contribution >= 0.6 is 0 Å². The highest BCUT2D eigenvalue weighted by atomic mass is 16.5. The molecule has 0 aromatic carbocycles. The van der Waals surface area contributed by atoms with E-state index in [9.17, 15) is 4.79 Å². The summed E-state index contributed by atoms with van der Waals surface area (Å²) in [6, 6.07) is 0. The molecule has 0 amide bonds. The van der Waals surface area contributed by atoms with Crippen molar-refractivity contribution < 1.29 is 9.53 Å². The topological polar surface area (TPSA) is 26.3 Å². The van der Waals surface area contributed by atoms with E-state index in [0.717, 1.165) is 18.3 Å². The molecule has 3 saturated carbocycles. The normalized spacial score (nSPS) is 49.9. The average Bonchev–Trinajstić information content (AvgIpc) is 2.53. The molecule has 23 heavy (non-hydrogen) atoms. The molecule has 0 aliphatic heterocycles. The first kappa shape index (κ1) is 17.3. The van der Waals surface area contributed by atoms with Gasteiger partial charge in [0, 0.05) is 0 Å². The molecule has 0 saturated heterocycles. The van der Waals surface area contributed by atoms with Crippen LogP contribution in [0.5, 0.6) is 0 Å². The van der Waals surface area contributed by atoms with E-state index in [-0.39, 0.29) is 11.4 Å². The van der Waals surface area contributed by atoms with Gasteiger partial charge in [0.15, 0.2) is 0 Å². The molecule has 2 nitrogen and oxygen atoms in total. The maximum atomic E-state index is 12.6. The summed E-state index contributed by atoms with van der Waals surface area (Å²) in [5.74, 6) is 2.27. The Kier molecular flexibility index (Phi) is 4.34. The van der Waals surface area contributed by atoms with E-state index in [1.165, 1.54) is 51.4 Å². The molecular formula is C21H36O2. The molecule has 3 fully saturated rings. The van der Waals surface area contributed by atoms with Crippen LogP contribution in [0.1, 0.15) is 85.5 Å². The van der Waals surface area contributed by atoms with Gasteiger partial charge in [-0.3, -0.25) is 4.79 Å². The Labute approximate surface area is 142 Å². The lowest BCUT2D eigenvalue weighted by Crippen LogP contribution is -2.56. The summed E-state index contributed by atoms with van der Waals surface area (Å²) in [5.41, 5.74) is 0.655. The number of hydrogen-bond acceptors (Lipinski definition) is 2. The van der Waals surface area contributed by atoms with Crippen molar-refractivity contribution in [3.63, 3.8) is 0 Å². The minimum Gasteiger partial charge on any atom is -0.469 e. The number of hydrogen-bond donors (Lipinski definition) is 0. The smallest absolute Gasteiger partial charge is 0.311 e. The summed E-state index contributed by atoms with van der Waals surface area (Å²) >= 11 is 0. The van der Waals surface area contributed by atoms with Crippen molar-refractivity contribution >= 4 is 5.97 Å². The van der Waals surface area contributed by atoms with E-state index in [2.05, 4.69) is 27.7 Å². The summed E-state index contributed by atoms with van der Waals surface area (Å²) in [4.78, 5) is 12.6. The van der Waals surface area contributed by atoms with Crippen LogP contribution in [0.15, 0.2) is 0 Å². The third kappa shape index (κ3) is 2.55. The van der Waals surface area contributed by atoms with E-state index < -0.39 is 0 Å². The summed E-state index contributed by atoms with van der Waals surface area (Å²) in [7, 11) is 1.57. The van der Waals surface area contributed by atoms with E-state index in [1.807, 2.05) is 0 Å². The maximum absolute atomic E-state index is 12.6. The van der Waals surface area contributed by atoms with Gasteiger partial charge >= 0.3 is 5.97 Å². The van der Waals surface area contributed by atoms with Crippen LogP contribution in [-0.4, -0.2) is 13.1 Å². The lowest BCUT2D eigenvalue weighted by atomic mass is 9.43. The van der Waals surface area contributed by atoms with Crippen LogP contribution in [0.4, 0.5) is 0 Å². The van der Waals surface area contributed by atoms with Gasteiger partial charge in [-0.1, -0.05) is 33.6 Å². The van der Waals surface area contributed by atoms with Crippen molar-refractivity contribution in [2.45, 2.75) is 85.5 Å². The predicted octanol–water partition coefficient (Wildman–Crippen LogP) is 5.60. The number of rotatable bonds is 2. The Morgan fingerprint density at radius 1 is 1.09 bits per heavy atom. The summed E-state index contributed by atoms with van der Waals surface area (Å²) in [6.07, 6.45) is 11.5. The molecule has 132 valence electrons. The quantitative estimate of drug-likeness (QED) is 0.619. The van der Waals surface area contributed by atoms with Crippen molar-refractivity contribution in [3.05, 3.63) is 0 Å². The molecule has 0 heterocycles. The molecule has 0 bridgehead atoms. The Bertz CT molecular complexity index is 472. The average molecular weight is 321 g/mol. The number of methoxy groups -OCH3 is 1. The van der Waals surface area contributed by atoms with Gasteiger partial charge < -0.3 is 4.74 Å². The second kappa shape index (κ2) is 5.77. The lowest BCUT2D eigenvalue weighted by molar-refractivity contribution is -0.177. The van der Waals surface area contributed by atoms with Crippen molar-refractivity contribution in [2.75, 3.05) is 7.11 Å². The van der Waals surface area contributed by atoms with Gasteiger partial charge in [-0.2, -0.15) is 0 Å². The van der Waals surface area contributed by atoms with Crippen LogP contribution in [0.3, 0.4) is 0 Å². The van der Waals surface area contributed by atoms with E-state index in [1.54, 1.807) is 7.11 Å². The van der Waals surface area contributed by atoms with Gasteiger partial charge in [-0.05, 0) is 80.5 Å². The standard InChI is InChI=1S/C21H36O2/c1-6-19(2)13-10-16-15(14-19)8-9-17-20(16,3)11-7-12-21(17,4)18(22)23-5/h15-17H,6-14H2,1-5H3/t15-,16+,17-,19+,20-,21-/m1/s1. The number of esters is 1. The first-order valence-corrected chi connectivity index (χ1v) is 9.87. The molecule has 0 aromatic heterocycles. The molecule has 3 aliphatic rings. The molecule has 3 rings (SSSR count). The molecule has 3 aliphatic carbocycles. The van der Waals surface area contributed by atoms with E-state index >= 15 is 0 Å². The molecule has 2 heteroatoms. The van der Waals surface area contributed by atoms with Crippen LogP contribution in [-0.2, 0) is 9.53 Å². The third-order valence-electron chi connectivity index (χ3n) is 8.54. The molecule has 0 aromatic rings. The van der Waals surface area contributed by atoms with Gasteiger partial charge in [-0.25, -0.2) is 0 Å². The van der Waals surface area contributed by atoms with Crippen LogP contribution in [0.25, 0.3) is 0 Å². The zero-order valence-corrected chi connectivity index (χ0v) is 15.9. The Morgan fingerprint density at radius 3 is 2.48 bits per heavy atom. The van der Waals surface area contributed by atoms with E-state index in [4.69, 9.17) is 4.74 Å². The fourth-order valence-electron chi connectivity index (χ4n) is 6.97. The first-order valence-electron chi connectivity index (χ1n) is 9.87. The molecule has 0 unspecified atom stereocenters. The summed E-state index contributed by atoms with van der Waals surface area (Å²) < 4.78 is 5.23. The van der Waals surface area contributed by atoms with Crippen molar-refractivity contribution in [2.24, 2.45) is 34.0 Å². The zero-order valence-electron chi connectivity index (χ0n) is 15.9. The predicted molar refractivity (Wildman–Crippen MR) is 94.0 cm³/mol. The van der Waals surface area contributed by atoms with Gasteiger partial charge in [-0.15, -0.1) is 0 Å². The van der Waals surface area contributed by atoms with Crippen molar-refractivity contribution in [3.8, 4) is 0 Å². The highest BCUT2D eigenvalue weighted by Crippen LogP contribution is 2.65. The fraction of sp³-hybridized carbons (Fsp3) is 0.952.